The summed E-state index contributed by atoms with van der Waals surface area (Å²) in [5.41, 5.74) is 4.49. The molecule has 0 spiro atoms. The minimum absolute atomic E-state index is 0.125. The number of hydrogen-bond donors (Lipinski definition) is 4. The van der Waals surface area contributed by atoms with E-state index < -0.39 is 5.60 Å². The second kappa shape index (κ2) is 12.2. The molecule has 2 aliphatic rings. The fraction of sp³-hybridized carbons (Fsp3) is 0.333. The third-order valence-corrected chi connectivity index (χ3v) is 7.58. The lowest BCUT2D eigenvalue weighted by Crippen LogP contribution is -2.42. The Hall–Kier alpha value is -3.43. The maximum absolute atomic E-state index is 12.2. The van der Waals surface area contributed by atoms with Crippen LogP contribution in [0.3, 0.4) is 0 Å². The van der Waals surface area contributed by atoms with Crippen molar-refractivity contribution in [1.29, 1.82) is 0 Å². The summed E-state index contributed by atoms with van der Waals surface area (Å²) in [4.78, 5) is 19.1. The fourth-order valence-corrected chi connectivity index (χ4v) is 5.31. The van der Waals surface area contributed by atoms with Crippen LogP contribution in [0.2, 0.25) is 5.02 Å². The molecule has 2 aromatic carbocycles. The molecular weight excluding hydrogens is 516 g/mol. The number of aromatic nitrogens is 1. The molecule has 0 saturated carbocycles. The first-order valence-corrected chi connectivity index (χ1v) is 13.6. The van der Waals surface area contributed by atoms with Gasteiger partial charge in [0.25, 0.3) is 0 Å². The van der Waals surface area contributed by atoms with Gasteiger partial charge in [0.05, 0.1) is 17.9 Å². The number of hydrogen-bond acceptors (Lipinski definition) is 6. The van der Waals surface area contributed by atoms with Gasteiger partial charge in [-0.25, -0.2) is 4.79 Å². The molecule has 8 nitrogen and oxygen atoms in total. The molecule has 9 heteroatoms. The van der Waals surface area contributed by atoms with E-state index in [0.29, 0.717) is 30.2 Å². The van der Waals surface area contributed by atoms with Crippen LogP contribution in [0.4, 0.5) is 10.5 Å². The number of fused-ring (bicyclic) bond motifs is 2. The molecule has 0 aliphatic carbocycles. The molecule has 3 heterocycles. The molecule has 0 bridgehead atoms. The van der Waals surface area contributed by atoms with Gasteiger partial charge in [-0.1, -0.05) is 35.9 Å². The molecule has 2 amide bonds. The number of nitrogens with zero attached hydrogens (tertiary/aromatic N) is 2. The molecule has 204 valence electrons. The maximum atomic E-state index is 12.2. The van der Waals surface area contributed by atoms with Crippen molar-refractivity contribution in [3.05, 3.63) is 94.3 Å². The molecular formula is C30H33ClN4O4. The van der Waals surface area contributed by atoms with Crippen LogP contribution in [0.25, 0.3) is 5.57 Å². The van der Waals surface area contributed by atoms with E-state index in [1.807, 2.05) is 48.5 Å². The molecule has 2 aliphatic heterocycles. The number of rotatable bonds is 7. The Morgan fingerprint density at radius 3 is 2.69 bits per heavy atom. The van der Waals surface area contributed by atoms with Gasteiger partial charge in [-0.3, -0.25) is 4.98 Å². The third-order valence-electron chi connectivity index (χ3n) is 7.33. The molecule has 5 rings (SSSR count). The number of piperidine rings is 1. The largest absolute Gasteiger partial charge is 0.487 e. The average molecular weight is 549 g/mol. The number of halogens is 1. The lowest BCUT2D eigenvalue weighted by molar-refractivity contribution is -0.0254. The Morgan fingerprint density at radius 1 is 1.13 bits per heavy atom. The zero-order chi connectivity index (χ0) is 27.2. The fourth-order valence-electron chi connectivity index (χ4n) is 5.18. The van der Waals surface area contributed by atoms with Crippen LogP contribution in [-0.4, -0.2) is 58.9 Å². The van der Waals surface area contributed by atoms with Gasteiger partial charge in [0.2, 0.25) is 0 Å². The molecule has 0 atom stereocenters. The highest BCUT2D eigenvalue weighted by molar-refractivity contribution is 6.30. The quantitative estimate of drug-likeness (QED) is 0.345. The Balaban J connectivity index is 1.31. The Kier molecular flexibility index (Phi) is 8.47. The normalized spacial score (nSPS) is 17.5. The van der Waals surface area contributed by atoms with E-state index in [0.717, 1.165) is 59.8 Å². The van der Waals surface area contributed by atoms with E-state index in [-0.39, 0.29) is 19.2 Å². The van der Waals surface area contributed by atoms with Crippen molar-refractivity contribution in [2.45, 2.75) is 31.5 Å². The SMILES string of the molecule is O=C(NCCO)Nc1ccc2c(c1)/C(=C/CCN1CCC(O)(c3ccc(Cl)cc3)CC1)c1cccnc1CO2. The number of anilines is 1. The van der Waals surface area contributed by atoms with Gasteiger partial charge in [0.1, 0.15) is 12.4 Å². The number of urea groups is 1. The predicted octanol–water partition coefficient (Wildman–Crippen LogP) is 4.55. The zero-order valence-electron chi connectivity index (χ0n) is 21.7. The van der Waals surface area contributed by atoms with Crippen molar-refractivity contribution >= 4 is 28.9 Å². The highest BCUT2D eigenvalue weighted by atomic mass is 35.5. The second-order valence-corrected chi connectivity index (χ2v) is 10.3. The zero-order valence-corrected chi connectivity index (χ0v) is 22.5. The van der Waals surface area contributed by atoms with Crippen molar-refractivity contribution in [3.63, 3.8) is 0 Å². The molecule has 0 radical (unpaired) electrons. The molecule has 1 saturated heterocycles. The van der Waals surface area contributed by atoms with Crippen molar-refractivity contribution < 1.29 is 19.7 Å². The van der Waals surface area contributed by atoms with Gasteiger partial charge >= 0.3 is 6.03 Å². The van der Waals surface area contributed by atoms with Gasteiger partial charge in [0.15, 0.2) is 0 Å². The third kappa shape index (κ3) is 6.42. The first-order valence-electron chi connectivity index (χ1n) is 13.2. The van der Waals surface area contributed by atoms with Gasteiger partial charge in [0, 0.05) is 54.2 Å². The summed E-state index contributed by atoms with van der Waals surface area (Å²) >= 11 is 6.03. The van der Waals surface area contributed by atoms with Crippen LogP contribution in [0.15, 0.2) is 66.9 Å². The Bertz CT molecular complexity index is 1340. The minimum Gasteiger partial charge on any atom is -0.487 e. The van der Waals surface area contributed by atoms with Crippen molar-refractivity contribution in [3.8, 4) is 5.75 Å². The number of carbonyl (C=O) groups excluding carboxylic acids is 1. The highest BCUT2D eigenvalue weighted by Crippen LogP contribution is 2.38. The van der Waals surface area contributed by atoms with Crippen molar-refractivity contribution in [2.24, 2.45) is 0 Å². The number of likely N-dealkylation sites (tertiary alicyclic amines) is 1. The van der Waals surface area contributed by atoms with Crippen LogP contribution < -0.4 is 15.4 Å². The number of benzene rings is 2. The van der Waals surface area contributed by atoms with Gasteiger partial charge in [-0.2, -0.15) is 0 Å². The predicted molar refractivity (Wildman–Crippen MR) is 152 cm³/mol. The lowest BCUT2D eigenvalue weighted by atomic mass is 9.84. The van der Waals surface area contributed by atoms with E-state index in [1.54, 1.807) is 12.3 Å². The van der Waals surface area contributed by atoms with E-state index in [2.05, 4.69) is 26.6 Å². The van der Waals surface area contributed by atoms with Crippen LogP contribution in [0.5, 0.6) is 5.75 Å². The second-order valence-electron chi connectivity index (χ2n) is 9.89. The minimum atomic E-state index is -0.825. The van der Waals surface area contributed by atoms with Crippen molar-refractivity contribution in [1.82, 2.24) is 15.2 Å². The Labute approximate surface area is 233 Å². The summed E-state index contributed by atoms with van der Waals surface area (Å²) in [7, 11) is 0. The number of aliphatic hydroxyl groups is 2. The first kappa shape index (κ1) is 27.1. The summed E-state index contributed by atoms with van der Waals surface area (Å²) in [6, 6.07) is 16.7. The van der Waals surface area contributed by atoms with Crippen molar-refractivity contribution in [2.75, 3.05) is 38.1 Å². The standard InChI is InChI=1S/C30H33ClN4O4/c31-22-7-5-21(6-8-22)30(38)11-16-35(17-12-30)15-2-4-24-25-3-1-13-32-27(25)20-39-28-10-9-23(19-26(24)28)34-29(37)33-14-18-36/h1,3-10,13,19,36,38H,2,11-12,14-18,20H2,(H2,33,34,37)/b24-4+. The number of amides is 2. The Morgan fingerprint density at radius 2 is 1.92 bits per heavy atom. The first-order chi connectivity index (χ1) is 18.9. The summed E-state index contributed by atoms with van der Waals surface area (Å²) in [5.74, 6) is 0.728. The molecule has 1 fully saturated rings. The molecule has 4 N–H and O–H groups in total. The van der Waals surface area contributed by atoms with E-state index in [9.17, 15) is 9.90 Å². The molecule has 39 heavy (non-hydrogen) atoms. The molecule has 1 aromatic heterocycles. The lowest BCUT2D eigenvalue weighted by Gasteiger charge is -2.38. The summed E-state index contributed by atoms with van der Waals surface area (Å²) in [6.45, 7) is 2.87. The topological polar surface area (TPSA) is 107 Å². The average Bonchev–Trinajstić information content (AvgIpc) is 3.10. The van der Waals surface area contributed by atoms with Crippen LogP contribution in [-0.2, 0) is 12.2 Å². The smallest absolute Gasteiger partial charge is 0.319 e. The number of aliphatic hydroxyl groups excluding tert-OH is 1. The number of nitrogens with one attached hydrogen (secondary N) is 2. The number of pyridine rings is 1. The van der Waals surface area contributed by atoms with E-state index >= 15 is 0 Å². The van der Waals surface area contributed by atoms with E-state index in [4.69, 9.17) is 21.4 Å². The van der Waals surface area contributed by atoms with Gasteiger partial charge in [-0.15, -0.1) is 0 Å². The van der Waals surface area contributed by atoms with Crippen LogP contribution in [0, 0.1) is 0 Å². The molecule has 3 aromatic rings. The van der Waals surface area contributed by atoms with Crippen LogP contribution in [0.1, 0.15) is 41.6 Å². The highest BCUT2D eigenvalue weighted by Gasteiger charge is 2.33. The monoisotopic (exact) mass is 548 g/mol. The summed E-state index contributed by atoms with van der Waals surface area (Å²) in [6.07, 6.45) is 6.12. The number of ether oxygens (including phenoxy) is 1. The summed E-state index contributed by atoms with van der Waals surface area (Å²) < 4.78 is 6.09. The molecule has 0 unspecified atom stereocenters. The maximum Gasteiger partial charge on any atom is 0.319 e. The van der Waals surface area contributed by atoms with Crippen LogP contribution >= 0.6 is 11.6 Å². The number of carbonyl (C=O) groups is 1. The van der Waals surface area contributed by atoms with Gasteiger partial charge < -0.3 is 30.5 Å². The van der Waals surface area contributed by atoms with E-state index in [1.165, 1.54) is 0 Å². The summed E-state index contributed by atoms with van der Waals surface area (Å²) in [5, 5.41) is 26.3. The van der Waals surface area contributed by atoms with Gasteiger partial charge in [-0.05, 0) is 66.8 Å².